The zero-order valence-corrected chi connectivity index (χ0v) is 10.7. The summed E-state index contributed by atoms with van der Waals surface area (Å²) in [5.41, 5.74) is 1.94. The minimum Gasteiger partial charge on any atom is -0.356 e. The van der Waals surface area contributed by atoms with Crippen LogP contribution in [-0.4, -0.2) is 25.8 Å². The van der Waals surface area contributed by atoms with Gasteiger partial charge in [0.1, 0.15) is 0 Å². The number of aryl methyl sites for hydroxylation is 1. The van der Waals surface area contributed by atoms with Crippen LogP contribution in [0.2, 0.25) is 0 Å². The summed E-state index contributed by atoms with van der Waals surface area (Å²) >= 11 is 0. The molecule has 0 radical (unpaired) electrons. The molecule has 0 saturated carbocycles. The predicted molar refractivity (Wildman–Crippen MR) is 67.2 cm³/mol. The lowest BCUT2D eigenvalue weighted by Gasteiger charge is -2.10. The molecule has 1 aromatic carbocycles. The van der Waals surface area contributed by atoms with Crippen LogP contribution >= 0.6 is 0 Å². The number of ether oxygens (including phenoxy) is 2. The number of rotatable bonds is 7. The molecule has 0 aliphatic rings. The van der Waals surface area contributed by atoms with Crippen LogP contribution in [-0.2, 0) is 9.47 Å². The largest absolute Gasteiger partial charge is 0.356 e. The first kappa shape index (κ1) is 13.9. The zero-order valence-electron chi connectivity index (χ0n) is 10.7. The number of hydrogen-bond acceptors (Lipinski definition) is 3. The van der Waals surface area contributed by atoms with Crippen LogP contribution < -0.4 is 0 Å². The first-order chi connectivity index (χ1) is 8.13. The molecule has 3 heteroatoms. The van der Waals surface area contributed by atoms with Crippen LogP contribution in [0.15, 0.2) is 24.3 Å². The molecule has 1 atom stereocenters. The number of Topliss-reactive ketones (excluding diaryl/α,β-unsaturated/α-hetero) is 1. The van der Waals surface area contributed by atoms with Crippen molar-refractivity contribution in [2.24, 2.45) is 0 Å². The number of methoxy groups -OCH3 is 1. The summed E-state index contributed by atoms with van der Waals surface area (Å²) < 4.78 is 10.3. The standard InChI is InChI=1S/C14H20O3/c1-11-6-8-13(9-7-11)14(15)5-4-10-17-12(2)16-3/h6-9,12H,4-5,10H2,1-3H3. The predicted octanol–water partition coefficient (Wildman–Crippen LogP) is 2.97. The average molecular weight is 236 g/mol. The van der Waals surface area contributed by atoms with Gasteiger partial charge in [-0.2, -0.15) is 0 Å². The SMILES string of the molecule is COC(C)OCCCC(=O)c1ccc(C)cc1. The minimum atomic E-state index is -0.204. The Morgan fingerprint density at radius 3 is 2.53 bits per heavy atom. The van der Waals surface area contributed by atoms with Crippen LogP contribution in [0, 0.1) is 6.92 Å². The molecule has 0 amide bonds. The minimum absolute atomic E-state index is 0.165. The van der Waals surface area contributed by atoms with Crippen molar-refractivity contribution in [3.63, 3.8) is 0 Å². The number of carbonyl (C=O) groups excluding carboxylic acids is 1. The molecule has 0 fully saturated rings. The van der Waals surface area contributed by atoms with Crippen molar-refractivity contribution in [3.05, 3.63) is 35.4 Å². The van der Waals surface area contributed by atoms with E-state index in [2.05, 4.69) is 0 Å². The third kappa shape index (κ3) is 5.11. The Kier molecular flexibility index (Phi) is 5.87. The molecule has 0 saturated heterocycles. The summed E-state index contributed by atoms with van der Waals surface area (Å²) in [5.74, 6) is 0.165. The van der Waals surface area contributed by atoms with Gasteiger partial charge < -0.3 is 9.47 Å². The Hall–Kier alpha value is -1.19. The van der Waals surface area contributed by atoms with E-state index in [-0.39, 0.29) is 12.1 Å². The molecule has 0 bridgehead atoms. The quantitative estimate of drug-likeness (QED) is 0.415. The number of benzene rings is 1. The van der Waals surface area contributed by atoms with Gasteiger partial charge >= 0.3 is 0 Å². The Morgan fingerprint density at radius 2 is 1.94 bits per heavy atom. The first-order valence-electron chi connectivity index (χ1n) is 5.87. The second-order valence-corrected chi connectivity index (χ2v) is 4.07. The fourth-order valence-corrected chi connectivity index (χ4v) is 1.43. The fraction of sp³-hybridized carbons (Fsp3) is 0.500. The van der Waals surface area contributed by atoms with Crippen molar-refractivity contribution in [1.82, 2.24) is 0 Å². The van der Waals surface area contributed by atoms with E-state index in [9.17, 15) is 4.79 Å². The number of ketones is 1. The average Bonchev–Trinajstić information content (AvgIpc) is 2.34. The summed E-state index contributed by atoms with van der Waals surface area (Å²) in [6.07, 6.45) is 1.03. The van der Waals surface area contributed by atoms with Crippen LogP contribution in [0.1, 0.15) is 35.7 Å². The first-order valence-corrected chi connectivity index (χ1v) is 5.87. The monoisotopic (exact) mass is 236 g/mol. The van der Waals surface area contributed by atoms with Crippen molar-refractivity contribution in [2.45, 2.75) is 33.0 Å². The van der Waals surface area contributed by atoms with Gasteiger partial charge in [-0.25, -0.2) is 0 Å². The molecule has 0 N–H and O–H groups in total. The Labute approximate surface area is 103 Å². The van der Waals surface area contributed by atoms with Gasteiger partial charge in [-0.3, -0.25) is 4.79 Å². The van der Waals surface area contributed by atoms with E-state index in [0.717, 1.165) is 12.0 Å². The van der Waals surface area contributed by atoms with E-state index >= 15 is 0 Å². The molecular formula is C14H20O3. The van der Waals surface area contributed by atoms with Gasteiger partial charge in [-0.15, -0.1) is 0 Å². The van der Waals surface area contributed by atoms with Gasteiger partial charge in [-0.1, -0.05) is 29.8 Å². The van der Waals surface area contributed by atoms with Gasteiger partial charge in [0.15, 0.2) is 12.1 Å². The molecule has 94 valence electrons. The Bertz CT molecular complexity index is 343. The lowest BCUT2D eigenvalue weighted by atomic mass is 10.1. The normalized spacial score (nSPS) is 12.4. The van der Waals surface area contributed by atoms with Crippen molar-refractivity contribution in [1.29, 1.82) is 0 Å². The van der Waals surface area contributed by atoms with E-state index < -0.39 is 0 Å². The molecule has 1 rings (SSSR count). The van der Waals surface area contributed by atoms with Crippen LogP contribution in [0.4, 0.5) is 0 Å². The van der Waals surface area contributed by atoms with E-state index in [4.69, 9.17) is 9.47 Å². The van der Waals surface area contributed by atoms with Crippen molar-refractivity contribution < 1.29 is 14.3 Å². The van der Waals surface area contributed by atoms with E-state index in [1.807, 2.05) is 38.1 Å². The Balaban J connectivity index is 2.28. The number of hydrogen-bond donors (Lipinski definition) is 0. The second-order valence-electron chi connectivity index (χ2n) is 4.07. The summed E-state index contributed by atoms with van der Waals surface area (Å²) in [4.78, 5) is 11.8. The molecule has 3 nitrogen and oxygen atoms in total. The molecule has 0 aliphatic heterocycles. The van der Waals surface area contributed by atoms with Crippen LogP contribution in [0.5, 0.6) is 0 Å². The highest BCUT2D eigenvalue weighted by Crippen LogP contribution is 2.08. The molecule has 0 heterocycles. The summed E-state index contributed by atoms with van der Waals surface area (Å²) in [6, 6.07) is 7.65. The van der Waals surface area contributed by atoms with E-state index in [0.29, 0.717) is 13.0 Å². The van der Waals surface area contributed by atoms with Gasteiger partial charge in [0.05, 0.1) is 6.61 Å². The topological polar surface area (TPSA) is 35.5 Å². The zero-order chi connectivity index (χ0) is 12.7. The molecular weight excluding hydrogens is 216 g/mol. The van der Waals surface area contributed by atoms with Gasteiger partial charge in [0.2, 0.25) is 0 Å². The van der Waals surface area contributed by atoms with Crippen LogP contribution in [0.3, 0.4) is 0 Å². The maximum Gasteiger partial charge on any atom is 0.162 e. The second kappa shape index (κ2) is 7.20. The smallest absolute Gasteiger partial charge is 0.162 e. The third-order valence-corrected chi connectivity index (χ3v) is 2.61. The molecule has 1 unspecified atom stereocenters. The van der Waals surface area contributed by atoms with Gasteiger partial charge in [-0.05, 0) is 20.3 Å². The molecule has 1 aromatic rings. The Morgan fingerprint density at radius 1 is 1.29 bits per heavy atom. The molecule has 0 spiro atoms. The maximum absolute atomic E-state index is 11.8. The van der Waals surface area contributed by atoms with Crippen molar-refractivity contribution in [2.75, 3.05) is 13.7 Å². The summed E-state index contributed by atoms with van der Waals surface area (Å²) in [6.45, 7) is 4.39. The van der Waals surface area contributed by atoms with Crippen molar-refractivity contribution in [3.8, 4) is 0 Å². The fourth-order valence-electron chi connectivity index (χ4n) is 1.43. The van der Waals surface area contributed by atoms with Gasteiger partial charge in [0.25, 0.3) is 0 Å². The number of carbonyl (C=O) groups is 1. The molecule has 0 aliphatic carbocycles. The van der Waals surface area contributed by atoms with Gasteiger partial charge in [0, 0.05) is 19.1 Å². The highest BCUT2D eigenvalue weighted by atomic mass is 16.7. The maximum atomic E-state index is 11.8. The van der Waals surface area contributed by atoms with Crippen LogP contribution in [0.25, 0.3) is 0 Å². The highest BCUT2D eigenvalue weighted by molar-refractivity contribution is 5.96. The summed E-state index contributed by atoms with van der Waals surface area (Å²) in [7, 11) is 1.60. The van der Waals surface area contributed by atoms with E-state index in [1.165, 1.54) is 5.56 Å². The van der Waals surface area contributed by atoms with Crippen molar-refractivity contribution >= 4 is 5.78 Å². The lowest BCUT2D eigenvalue weighted by Crippen LogP contribution is -2.12. The lowest BCUT2D eigenvalue weighted by molar-refractivity contribution is -0.111. The molecule has 0 aromatic heterocycles. The van der Waals surface area contributed by atoms with E-state index in [1.54, 1.807) is 7.11 Å². The third-order valence-electron chi connectivity index (χ3n) is 2.61. The highest BCUT2D eigenvalue weighted by Gasteiger charge is 2.05. The summed E-state index contributed by atoms with van der Waals surface area (Å²) in [5, 5.41) is 0. The molecule has 17 heavy (non-hydrogen) atoms.